The van der Waals surface area contributed by atoms with Crippen LogP contribution in [0.4, 0.5) is 4.79 Å². The number of rotatable bonds is 6. The van der Waals surface area contributed by atoms with E-state index in [1.165, 1.54) is 4.88 Å². The smallest absolute Gasteiger partial charge is 0.321 e. The van der Waals surface area contributed by atoms with E-state index in [4.69, 9.17) is 9.40 Å². The van der Waals surface area contributed by atoms with Crippen molar-refractivity contribution in [1.29, 1.82) is 0 Å². The van der Waals surface area contributed by atoms with E-state index in [2.05, 4.69) is 10.6 Å². The van der Waals surface area contributed by atoms with Crippen molar-refractivity contribution in [3.8, 4) is 0 Å². The summed E-state index contributed by atoms with van der Waals surface area (Å²) in [5.74, 6) is 0.212. The summed E-state index contributed by atoms with van der Waals surface area (Å²) in [7, 11) is 0. The first-order chi connectivity index (χ1) is 16.1. The Bertz CT molecular complexity index is 1230. The number of thiophene rings is 1. The van der Waals surface area contributed by atoms with Crippen LogP contribution in [0.25, 0.3) is 10.2 Å². The molecule has 1 fully saturated rings. The van der Waals surface area contributed by atoms with Gasteiger partial charge in [-0.1, -0.05) is 24.6 Å². The predicted octanol–water partition coefficient (Wildman–Crippen LogP) is 3.84. The van der Waals surface area contributed by atoms with Crippen LogP contribution in [0, 0.1) is 0 Å². The summed E-state index contributed by atoms with van der Waals surface area (Å²) >= 11 is 2.74. The minimum absolute atomic E-state index is 0.0146. The fraction of sp³-hybridized carbons (Fsp3) is 0.478. The van der Waals surface area contributed by atoms with E-state index in [0.29, 0.717) is 16.3 Å². The Hall–Kier alpha value is -2.59. The minimum atomic E-state index is -0.463. The van der Waals surface area contributed by atoms with Crippen LogP contribution in [-0.2, 0) is 24.2 Å². The largest absolute Gasteiger partial charge is 0.467 e. The standard InChI is InChI=1S/C23H26N4O4S2/c28-18(25-22(30)24-14-6-1-2-7-14)13-32-23-26-20-19(16-9-3-4-10-17(16)33-20)21(29)27(23)12-15-8-5-11-31-15/h5,8,11,14H,1-4,6-7,9-10,12-13H2,(H2,24,25,28,30). The van der Waals surface area contributed by atoms with Crippen molar-refractivity contribution in [2.24, 2.45) is 0 Å². The summed E-state index contributed by atoms with van der Waals surface area (Å²) in [6.07, 6.45) is 9.76. The van der Waals surface area contributed by atoms with Gasteiger partial charge in [-0.3, -0.25) is 19.5 Å². The van der Waals surface area contributed by atoms with Gasteiger partial charge in [-0.25, -0.2) is 9.78 Å². The maximum Gasteiger partial charge on any atom is 0.321 e. The highest BCUT2D eigenvalue weighted by atomic mass is 32.2. The van der Waals surface area contributed by atoms with Crippen molar-refractivity contribution in [3.05, 3.63) is 45.0 Å². The highest BCUT2D eigenvalue weighted by Gasteiger charge is 2.23. The third kappa shape index (κ3) is 4.86. The summed E-state index contributed by atoms with van der Waals surface area (Å²) < 4.78 is 7.05. The molecule has 0 spiro atoms. The minimum Gasteiger partial charge on any atom is -0.467 e. The van der Waals surface area contributed by atoms with E-state index < -0.39 is 11.9 Å². The van der Waals surface area contributed by atoms with Crippen LogP contribution in [0.2, 0.25) is 0 Å². The first-order valence-corrected chi connectivity index (χ1v) is 13.2. The number of amides is 3. The summed E-state index contributed by atoms with van der Waals surface area (Å²) in [6.45, 7) is 0.242. The van der Waals surface area contributed by atoms with Crippen LogP contribution < -0.4 is 16.2 Å². The summed E-state index contributed by atoms with van der Waals surface area (Å²) in [5, 5.41) is 6.39. The highest BCUT2D eigenvalue weighted by molar-refractivity contribution is 7.99. The molecule has 3 aromatic heterocycles. The molecule has 33 heavy (non-hydrogen) atoms. The molecule has 10 heteroatoms. The van der Waals surface area contributed by atoms with E-state index in [9.17, 15) is 14.4 Å². The van der Waals surface area contributed by atoms with Crippen molar-refractivity contribution >= 4 is 45.3 Å². The van der Waals surface area contributed by atoms with Gasteiger partial charge in [0.2, 0.25) is 5.91 Å². The Balaban J connectivity index is 1.37. The number of fused-ring (bicyclic) bond motifs is 3. The van der Waals surface area contributed by atoms with Gasteiger partial charge < -0.3 is 9.73 Å². The van der Waals surface area contributed by atoms with Gasteiger partial charge in [0.1, 0.15) is 10.6 Å². The van der Waals surface area contributed by atoms with E-state index >= 15 is 0 Å². The van der Waals surface area contributed by atoms with E-state index in [-0.39, 0.29) is 23.9 Å². The Kier molecular flexibility index (Phi) is 6.55. The lowest BCUT2D eigenvalue weighted by Gasteiger charge is -2.13. The first kappa shape index (κ1) is 22.2. The number of carbonyl (C=O) groups excluding carboxylic acids is 2. The first-order valence-electron chi connectivity index (χ1n) is 11.4. The van der Waals surface area contributed by atoms with Gasteiger partial charge in [-0.2, -0.15) is 0 Å². The quantitative estimate of drug-likeness (QED) is 0.405. The lowest BCUT2D eigenvalue weighted by Crippen LogP contribution is -2.44. The molecule has 0 unspecified atom stereocenters. The second-order valence-electron chi connectivity index (χ2n) is 8.55. The number of nitrogens with one attached hydrogen (secondary N) is 2. The number of urea groups is 1. The van der Waals surface area contributed by atoms with Crippen molar-refractivity contribution in [1.82, 2.24) is 20.2 Å². The SMILES string of the molecule is O=C(CSc1nc2sc3c(c2c(=O)n1Cc1ccco1)CCCC3)NC(=O)NC1CCCC1. The highest BCUT2D eigenvalue weighted by Crippen LogP contribution is 2.34. The Labute approximate surface area is 199 Å². The van der Waals surface area contributed by atoms with E-state index in [1.54, 1.807) is 28.2 Å². The molecule has 0 bridgehead atoms. The lowest BCUT2D eigenvalue weighted by molar-refractivity contribution is -0.117. The van der Waals surface area contributed by atoms with Crippen molar-refractivity contribution in [3.63, 3.8) is 0 Å². The molecule has 0 atom stereocenters. The van der Waals surface area contributed by atoms with Crippen molar-refractivity contribution < 1.29 is 14.0 Å². The van der Waals surface area contributed by atoms with Gasteiger partial charge in [-0.05, 0) is 56.2 Å². The molecule has 8 nitrogen and oxygen atoms in total. The van der Waals surface area contributed by atoms with Crippen LogP contribution in [0.1, 0.15) is 54.7 Å². The number of aryl methyl sites for hydroxylation is 2. The zero-order valence-electron chi connectivity index (χ0n) is 18.2. The number of thioether (sulfide) groups is 1. The van der Waals surface area contributed by atoms with Crippen molar-refractivity contribution in [2.75, 3.05) is 5.75 Å². The molecule has 0 aromatic carbocycles. The third-order valence-electron chi connectivity index (χ3n) is 6.21. The van der Waals surface area contributed by atoms with Crippen LogP contribution in [0.15, 0.2) is 32.8 Å². The molecule has 2 N–H and O–H groups in total. The van der Waals surface area contributed by atoms with E-state index in [1.807, 2.05) is 6.07 Å². The number of carbonyl (C=O) groups is 2. The Morgan fingerprint density at radius 2 is 2.03 bits per heavy atom. The lowest BCUT2D eigenvalue weighted by atomic mass is 9.97. The zero-order chi connectivity index (χ0) is 22.8. The topological polar surface area (TPSA) is 106 Å². The third-order valence-corrected chi connectivity index (χ3v) is 8.37. The summed E-state index contributed by atoms with van der Waals surface area (Å²) in [4.78, 5) is 44.8. The Morgan fingerprint density at radius 3 is 2.82 bits per heavy atom. The second kappa shape index (κ2) is 9.72. The molecule has 0 aliphatic heterocycles. The molecule has 3 aromatic rings. The average Bonchev–Trinajstić information content (AvgIpc) is 3.55. The van der Waals surface area contributed by atoms with Crippen LogP contribution >= 0.6 is 23.1 Å². The predicted molar refractivity (Wildman–Crippen MR) is 128 cm³/mol. The van der Waals surface area contributed by atoms with Crippen LogP contribution in [0.3, 0.4) is 0 Å². The molecule has 0 saturated heterocycles. The number of aromatic nitrogens is 2. The number of furan rings is 1. The van der Waals surface area contributed by atoms with Gasteiger partial charge in [0.25, 0.3) is 5.56 Å². The average molecular weight is 487 g/mol. The van der Waals surface area contributed by atoms with Gasteiger partial charge in [0.05, 0.1) is 23.9 Å². The van der Waals surface area contributed by atoms with Gasteiger partial charge in [0.15, 0.2) is 5.16 Å². The Morgan fingerprint density at radius 1 is 1.21 bits per heavy atom. The molecule has 2 aliphatic rings. The van der Waals surface area contributed by atoms with Gasteiger partial charge in [0, 0.05) is 10.9 Å². The monoisotopic (exact) mass is 486 g/mol. The summed E-state index contributed by atoms with van der Waals surface area (Å²) in [5.41, 5.74) is 1.03. The molecule has 0 radical (unpaired) electrons. The van der Waals surface area contributed by atoms with Crippen LogP contribution in [-0.4, -0.2) is 33.3 Å². The van der Waals surface area contributed by atoms with Gasteiger partial charge in [-0.15, -0.1) is 11.3 Å². The molecule has 3 amide bonds. The maximum atomic E-state index is 13.5. The fourth-order valence-corrected chi connectivity index (χ4v) is 6.71. The molecular weight excluding hydrogens is 460 g/mol. The molecule has 5 rings (SSSR count). The molecule has 2 aliphatic carbocycles. The number of hydrogen-bond donors (Lipinski definition) is 2. The van der Waals surface area contributed by atoms with E-state index in [0.717, 1.165) is 73.5 Å². The molecular formula is C23H26N4O4S2. The molecule has 3 heterocycles. The molecule has 1 saturated carbocycles. The normalized spacial score (nSPS) is 16.1. The zero-order valence-corrected chi connectivity index (χ0v) is 19.9. The van der Waals surface area contributed by atoms with Crippen LogP contribution in [0.5, 0.6) is 0 Å². The van der Waals surface area contributed by atoms with Gasteiger partial charge >= 0.3 is 6.03 Å². The number of nitrogens with zero attached hydrogens (tertiary/aromatic N) is 2. The molecule has 174 valence electrons. The maximum absolute atomic E-state index is 13.5. The second-order valence-corrected chi connectivity index (χ2v) is 10.6. The number of hydrogen-bond acceptors (Lipinski definition) is 7. The summed E-state index contributed by atoms with van der Waals surface area (Å²) in [6, 6.07) is 3.27. The number of imide groups is 1. The van der Waals surface area contributed by atoms with Crippen molar-refractivity contribution in [2.45, 2.75) is 69.1 Å². The fourth-order valence-electron chi connectivity index (χ4n) is 4.61.